The number of hydrogen-bond acceptors (Lipinski definition) is 2. The van der Waals surface area contributed by atoms with Gasteiger partial charge in [-0.2, -0.15) is 0 Å². The van der Waals surface area contributed by atoms with Gasteiger partial charge in [0.25, 0.3) is 0 Å². The van der Waals surface area contributed by atoms with Crippen molar-refractivity contribution in [3.8, 4) is 0 Å². The Hall–Kier alpha value is -1.05. The van der Waals surface area contributed by atoms with Gasteiger partial charge in [-0.15, -0.1) is 0 Å². The Morgan fingerprint density at radius 1 is 1.50 bits per heavy atom. The highest BCUT2D eigenvalue weighted by atomic mass is 14.9. The fraction of sp³-hybridized carbons (Fsp3) is 0.400. The molecule has 1 N–H and O–H groups in total. The van der Waals surface area contributed by atoms with Gasteiger partial charge in [0.15, 0.2) is 0 Å². The molecule has 0 aliphatic heterocycles. The summed E-state index contributed by atoms with van der Waals surface area (Å²) < 4.78 is 0. The topological polar surface area (TPSA) is 24.9 Å². The van der Waals surface area contributed by atoms with Crippen molar-refractivity contribution >= 4 is 5.69 Å². The van der Waals surface area contributed by atoms with E-state index in [4.69, 9.17) is 6.92 Å². The lowest BCUT2D eigenvalue weighted by Gasteiger charge is -2.03. The van der Waals surface area contributed by atoms with Crippen LogP contribution in [0, 0.1) is 6.92 Å². The second-order valence-electron chi connectivity index (χ2n) is 2.75. The van der Waals surface area contributed by atoms with Crippen molar-refractivity contribution in [2.24, 2.45) is 0 Å². The monoisotopic (exact) mass is 162 g/mol. The average molecular weight is 162 g/mol. The van der Waals surface area contributed by atoms with Crippen LogP contribution in [0.4, 0.5) is 5.69 Å². The van der Waals surface area contributed by atoms with Crippen LogP contribution in [-0.4, -0.2) is 11.5 Å². The Kier molecular flexibility index (Phi) is 3.58. The highest BCUT2D eigenvalue weighted by Gasteiger charge is 1.90. The van der Waals surface area contributed by atoms with Crippen molar-refractivity contribution in [2.75, 3.05) is 11.9 Å². The molecule has 0 aromatic carbocycles. The molecule has 0 spiro atoms. The summed E-state index contributed by atoms with van der Waals surface area (Å²) in [6.45, 7) is 8.61. The van der Waals surface area contributed by atoms with Crippen LogP contribution < -0.4 is 5.32 Å². The first-order chi connectivity index (χ1) is 5.83. The molecule has 0 aliphatic carbocycles. The Labute approximate surface area is 74.0 Å². The molecular formula is C10H14N2. The molecule has 0 unspecified atom stereocenters. The molecule has 0 aliphatic rings. The van der Waals surface area contributed by atoms with Crippen LogP contribution in [0.2, 0.25) is 0 Å². The van der Waals surface area contributed by atoms with Gasteiger partial charge in [-0.3, -0.25) is 4.98 Å². The number of nitrogens with one attached hydrogen (secondary N) is 1. The maximum absolute atomic E-state index is 5.44. The molecule has 2 nitrogen and oxygen atoms in total. The minimum atomic E-state index is 0.566. The lowest BCUT2D eigenvalue weighted by atomic mass is 10.3. The first-order valence-corrected chi connectivity index (χ1v) is 4.28. The van der Waals surface area contributed by atoms with Crippen molar-refractivity contribution in [3.63, 3.8) is 0 Å². The van der Waals surface area contributed by atoms with E-state index in [1.807, 2.05) is 6.07 Å². The summed E-state index contributed by atoms with van der Waals surface area (Å²) in [7, 11) is 0. The zero-order valence-corrected chi connectivity index (χ0v) is 7.38. The summed E-state index contributed by atoms with van der Waals surface area (Å²) in [6, 6.07) is 3.74. The van der Waals surface area contributed by atoms with E-state index in [0.717, 1.165) is 12.2 Å². The third-order valence-electron chi connectivity index (χ3n) is 1.65. The highest BCUT2D eigenvalue weighted by molar-refractivity contribution is 5.41. The fourth-order valence-corrected chi connectivity index (χ4v) is 0.919. The van der Waals surface area contributed by atoms with Gasteiger partial charge in [-0.05, 0) is 18.6 Å². The predicted molar refractivity (Wildman–Crippen MR) is 51.0 cm³/mol. The summed E-state index contributed by atoms with van der Waals surface area (Å²) in [4.78, 5) is 3.97. The Balaban J connectivity index is 2.37. The number of nitrogens with zero attached hydrogens (tertiary/aromatic N) is 1. The van der Waals surface area contributed by atoms with Gasteiger partial charge in [0.2, 0.25) is 0 Å². The molecule has 0 fully saturated rings. The van der Waals surface area contributed by atoms with Gasteiger partial charge < -0.3 is 5.32 Å². The quantitative estimate of drug-likeness (QED) is 0.687. The minimum Gasteiger partial charge on any atom is -0.384 e. The maximum Gasteiger partial charge on any atom is 0.0526 e. The fourth-order valence-electron chi connectivity index (χ4n) is 0.919. The van der Waals surface area contributed by atoms with Crippen LogP contribution in [0.3, 0.4) is 0 Å². The van der Waals surface area contributed by atoms with E-state index in [-0.39, 0.29) is 0 Å². The molecule has 0 saturated carbocycles. The molecule has 1 rings (SSSR count). The van der Waals surface area contributed by atoms with Gasteiger partial charge in [0.1, 0.15) is 0 Å². The lowest BCUT2D eigenvalue weighted by Crippen LogP contribution is -2.00. The predicted octanol–water partition coefficient (Wildman–Crippen LogP) is 2.35. The third kappa shape index (κ3) is 2.91. The van der Waals surface area contributed by atoms with Gasteiger partial charge in [0.05, 0.1) is 11.9 Å². The number of anilines is 1. The zero-order chi connectivity index (χ0) is 8.81. The summed E-state index contributed by atoms with van der Waals surface area (Å²) in [5.74, 6) is 0. The largest absolute Gasteiger partial charge is 0.384 e. The van der Waals surface area contributed by atoms with E-state index in [1.54, 1.807) is 12.3 Å². The number of aromatic nitrogens is 1. The second-order valence-corrected chi connectivity index (χ2v) is 2.75. The van der Waals surface area contributed by atoms with Crippen LogP contribution in [0.25, 0.3) is 0 Å². The molecular weight excluding hydrogens is 148 g/mol. The van der Waals surface area contributed by atoms with Crippen molar-refractivity contribution in [2.45, 2.75) is 19.8 Å². The molecule has 2 radical (unpaired) electrons. The molecule has 12 heavy (non-hydrogen) atoms. The molecule has 0 bridgehead atoms. The van der Waals surface area contributed by atoms with E-state index < -0.39 is 0 Å². The lowest BCUT2D eigenvalue weighted by molar-refractivity contribution is 0.834. The van der Waals surface area contributed by atoms with Crippen LogP contribution in [0.1, 0.15) is 25.5 Å². The van der Waals surface area contributed by atoms with E-state index in [0.29, 0.717) is 5.69 Å². The molecule has 0 atom stereocenters. The van der Waals surface area contributed by atoms with Gasteiger partial charge in [0, 0.05) is 19.2 Å². The SMILES string of the molecule is [CH]c1ccc(NCCCC)cn1. The van der Waals surface area contributed by atoms with Crippen molar-refractivity contribution in [1.82, 2.24) is 4.98 Å². The van der Waals surface area contributed by atoms with Gasteiger partial charge in [-0.25, -0.2) is 0 Å². The Bertz CT molecular complexity index is 216. The minimum absolute atomic E-state index is 0.566. The van der Waals surface area contributed by atoms with Crippen LogP contribution in [-0.2, 0) is 0 Å². The molecule has 0 amide bonds. The molecule has 1 heterocycles. The number of rotatable bonds is 4. The van der Waals surface area contributed by atoms with Crippen molar-refractivity contribution in [3.05, 3.63) is 30.9 Å². The molecule has 1 aromatic rings. The van der Waals surface area contributed by atoms with Crippen LogP contribution in [0.15, 0.2) is 18.3 Å². The van der Waals surface area contributed by atoms with Crippen molar-refractivity contribution < 1.29 is 0 Å². The third-order valence-corrected chi connectivity index (χ3v) is 1.65. The molecule has 64 valence electrons. The Morgan fingerprint density at radius 2 is 2.33 bits per heavy atom. The van der Waals surface area contributed by atoms with Crippen LogP contribution >= 0.6 is 0 Å². The van der Waals surface area contributed by atoms with E-state index >= 15 is 0 Å². The maximum atomic E-state index is 5.44. The first kappa shape index (κ1) is 9.04. The molecule has 0 saturated heterocycles. The summed E-state index contributed by atoms with van der Waals surface area (Å²) in [5.41, 5.74) is 1.61. The van der Waals surface area contributed by atoms with Crippen LogP contribution in [0.5, 0.6) is 0 Å². The van der Waals surface area contributed by atoms with E-state index in [9.17, 15) is 0 Å². The number of pyridine rings is 1. The van der Waals surface area contributed by atoms with Gasteiger partial charge in [-0.1, -0.05) is 13.3 Å². The van der Waals surface area contributed by atoms with E-state index in [2.05, 4.69) is 17.2 Å². The Morgan fingerprint density at radius 3 is 2.92 bits per heavy atom. The summed E-state index contributed by atoms with van der Waals surface area (Å²) >= 11 is 0. The average Bonchev–Trinajstić information content (AvgIpc) is 2.09. The highest BCUT2D eigenvalue weighted by Crippen LogP contribution is 2.05. The second kappa shape index (κ2) is 4.75. The smallest absolute Gasteiger partial charge is 0.0526 e. The molecule has 2 heteroatoms. The number of unbranched alkanes of at least 4 members (excludes halogenated alkanes) is 1. The normalized spacial score (nSPS) is 9.83. The number of hydrogen-bond donors (Lipinski definition) is 1. The van der Waals surface area contributed by atoms with Gasteiger partial charge >= 0.3 is 0 Å². The van der Waals surface area contributed by atoms with Crippen molar-refractivity contribution in [1.29, 1.82) is 0 Å². The standard InChI is InChI=1S/C10H14N2/c1-3-4-7-11-10-6-5-9(2)12-8-10/h2,5-6,8,11H,3-4,7H2,1H3. The summed E-state index contributed by atoms with van der Waals surface area (Å²) in [6.07, 6.45) is 4.14. The summed E-state index contributed by atoms with van der Waals surface area (Å²) in [5, 5.41) is 3.25. The molecule has 1 aromatic heterocycles. The first-order valence-electron chi connectivity index (χ1n) is 4.28. The zero-order valence-electron chi connectivity index (χ0n) is 7.38. The van der Waals surface area contributed by atoms with E-state index in [1.165, 1.54) is 12.8 Å².